The van der Waals surface area contributed by atoms with E-state index in [1.807, 2.05) is 60.8 Å². The molecule has 0 aliphatic rings. The van der Waals surface area contributed by atoms with Crippen LogP contribution in [0.1, 0.15) is 17.3 Å². The Bertz CT molecular complexity index is 820. The number of rotatable bonds is 5. The zero-order valence-corrected chi connectivity index (χ0v) is 13.7. The average Bonchev–Trinajstić information content (AvgIpc) is 3.08. The Labute approximate surface area is 141 Å². The number of hydrogen-bond donors (Lipinski definition) is 1. The number of carbonyl (C=O) groups is 1. The van der Waals surface area contributed by atoms with E-state index in [0.29, 0.717) is 12.2 Å². The van der Waals surface area contributed by atoms with Crippen LogP contribution in [0.4, 0.5) is 0 Å². The van der Waals surface area contributed by atoms with Crippen molar-refractivity contribution in [1.82, 2.24) is 4.98 Å². The molecule has 4 nitrogen and oxygen atoms in total. The van der Waals surface area contributed by atoms with Crippen molar-refractivity contribution in [3.63, 3.8) is 0 Å². The van der Waals surface area contributed by atoms with Crippen LogP contribution in [-0.4, -0.2) is 24.7 Å². The van der Waals surface area contributed by atoms with E-state index in [0.717, 1.165) is 28.1 Å². The van der Waals surface area contributed by atoms with Crippen LogP contribution in [0.25, 0.3) is 22.4 Å². The monoisotopic (exact) mass is 321 g/mol. The number of H-pyrrole nitrogens is 1. The number of ether oxygens (including phenoxy) is 2. The molecule has 0 saturated carbocycles. The second-order valence-corrected chi connectivity index (χ2v) is 5.27. The smallest absolute Gasteiger partial charge is 0.340 e. The molecule has 122 valence electrons. The molecule has 0 aliphatic carbocycles. The lowest BCUT2D eigenvalue weighted by molar-refractivity contribution is 0.0528. The number of aromatic amines is 1. The predicted octanol–water partition coefficient (Wildman–Crippen LogP) is 4.53. The van der Waals surface area contributed by atoms with Crippen LogP contribution in [-0.2, 0) is 4.74 Å². The standard InChI is InChI=1S/C20H19NO3/c1-3-24-20(22)18-17(14-7-5-4-6-8-14)13-21-19(18)15-9-11-16(23-2)12-10-15/h4-13,21H,3H2,1-2H3. The average molecular weight is 321 g/mol. The van der Waals surface area contributed by atoms with Crippen LogP contribution < -0.4 is 4.74 Å². The molecule has 4 heteroatoms. The van der Waals surface area contributed by atoms with E-state index in [2.05, 4.69) is 4.98 Å². The van der Waals surface area contributed by atoms with Crippen LogP contribution in [0, 0.1) is 0 Å². The Hall–Kier alpha value is -3.01. The zero-order chi connectivity index (χ0) is 16.9. The maximum Gasteiger partial charge on any atom is 0.340 e. The molecule has 0 amide bonds. The van der Waals surface area contributed by atoms with Gasteiger partial charge in [-0.3, -0.25) is 0 Å². The van der Waals surface area contributed by atoms with E-state index >= 15 is 0 Å². The topological polar surface area (TPSA) is 51.3 Å². The van der Waals surface area contributed by atoms with E-state index in [1.54, 1.807) is 14.0 Å². The molecular weight excluding hydrogens is 302 g/mol. The lowest BCUT2D eigenvalue weighted by Crippen LogP contribution is -2.06. The van der Waals surface area contributed by atoms with Gasteiger partial charge in [-0.2, -0.15) is 0 Å². The van der Waals surface area contributed by atoms with Crippen molar-refractivity contribution in [2.24, 2.45) is 0 Å². The number of hydrogen-bond acceptors (Lipinski definition) is 3. The van der Waals surface area contributed by atoms with Crippen LogP contribution in [0.2, 0.25) is 0 Å². The second-order valence-electron chi connectivity index (χ2n) is 5.27. The number of carbonyl (C=O) groups excluding carboxylic acids is 1. The van der Waals surface area contributed by atoms with Gasteiger partial charge < -0.3 is 14.5 Å². The third kappa shape index (κ3) is 3.04. The molecular formula is C20H19NO3. The second kappa shape index (κ2) is 7.04. The Kier molecular flexibility index (Phi) is 4.66. The zero-order valence-electron chi connectivity index (χ0n) is 13.7. The van der Waals surface area contributed by atoms with Crippen LogP contribution in [0.5, 0.6) is 5.75 Å². The lowest BCUT2D eigenvalue weighted by atomic mass is 10.00. The van der Waals surface area contributed by atoms with Crippen LogP contribution in [0.15, 0.2) is 60.8 Å². The maximum absolute atomic E-state index is 12.6. The van der Waals surface area contributed by atoms with Gasteiger partial charge >= 0.3 is 5.97 Å². The Balaban J connectivity index is 2.12. The molecule has 3 rings (SSSR count). The summed E-state index contributed by atoms with van der Waals surface area (Å²) in [7, 11) is 1.63. The Morgan fingerprint density at radius 1 is 1.00 bits per heavy atom. The summed E-state index contributed by atoms with van der Waals surface area (Å²) >= 11 is 0. The van der Waals surface area contributed by atoms with Crippen molar-refractivity contribution < 1.29 is 14.3 Å². The molecule has 3 aromatic rings. The number of aromatic nitrogens is 1. The highest BCUT2D eigenvalue weighted by Crippen LogP contribution is 2.33. The summed E-state index contributed by atoms with van der Waals surface area (Å²) in [6.07, 6.45) is 1.85. The minimum absolute atomic E-state index is 0.330. The van der Waals surface area contributed by atoms with Gasteiger partial charge in [0.15, 0.2) is 0 Å². The number of methoxy groups -OCH3 is 1. The molecule has 2 aromatic carbocycles. The molecule has 0 saturated heterocycles. The van der Waals surface area contributed by atoms with Gasteiger partial charge in [-0.1, -0.05) is 30.3 Å². The highest BCUT2D eigenvalue weighted by atomic mass is 16.5. The van der Waals surface area contributed by atoms with E-state index in [1.165, 1.54) is 0 Å². The molecule has 24 heavy (non-hydrogen) atoms. The number of benzene rings is 2. The van der Waals surface area contributed by atoms with Crippen molar-refractivity contribution in [2.45, 2.75) is 6.92 Å². The molecule has 0 unspecified atom stereocenters. The Morgan fingerprint density at radius 3 is 2.33 bits per heavy atom. The molecule has 0 aliphatic heterocycles. The largest absolute Gasteiger partial charge is 0.497 e. The van der Waals surface area contributed by atoms with E-state index < -0.39 is 0 Å². The molecule has 1 aromatic heterocycles. The first kappa shape index (κ1) is 15.9. The van der Waals surface area contributed by atoms with Crippen molar-refractivity contribution >= 4 is 5.97 Å². The van der Waals surface area contributed by atoms with Crippen molar-refractivity contribution in [1.29, 1.82) is 0 Å². The summed E-state index contributed by atoms with van der Waals surface area (Å²) < 4.78 is 10.5. The summed E-state index contributed by atoms with van der Waals surface area (Å²) in [5, 5.41) is 0. The van der Waals surface area contributed by atoms with E-state index in [4.69, 9.17) is 9.47 Å². The van der Waals surface area contributed by atoms with Gasteiger partial charge in [-0.05, 0) is 42.3 Å². The van der Waals surface area contributed by atoms with Gasteiger partial charge in [0.25, 0.3) is 0 Å². The molecule has 1 N–H and O–H groups in total. The number of nitrogens with one attached hydrogen (secondary N) is 1. The molecule has 0 spiro atoms. The van der Waals surface area contributed by atoms with Crippen molar-refractivity contribution in [3.05, 3.63) is 66.4 Å². The van der Waals surface area contributed by atoms with Gasteiger partial charge in [0.05, 0.1) is 25.0 Å². The first-order valence-corrected chi connectivity index (χ1v) is 7.83. The molecule has 0 fully saturated rings. The third-order valence-electron chi connectivity index (χ3n) is 3.82. The normalized spacial score (nSPS) is 10.4. The van der Waals surface area contributed by atoms with Gasteiger partial charge in [-0.15, -0.1) is 0 Å². The summed E-state index contributed by atoms with van der Waals surface area (Å²) in [6.45, 7) is 2.14. The van der Waals surface area contributed by atoms with Gasteiger partial charge in [0.2, 0.25) is 0 Å². The fourth-order valence-corrected chi connectivity index (χ4v) is 2.67. The minimum Gasteiger partial charge on any atom is -0.497 e. The van der Waals surface area contributed by atoms with E-state index in [9.17, 15) is 4.79 Å². The molecule has 0 radical (unpaired) electrons. The van der Waals surface area contributed by atoms with Gasteiger partial charge in [0.1, 0.15) is 5.75 Å². The third-order valence-corrected chi connectivity index (χ3v) is 3.82. The summed E-state index contributed by atoms with van der Waals surface area (Å²) in [4.78, 5) is 15.8. The molecule has 1 heterocycles. The first-order chi connectivity index (χ1) is 11.7. The lowest BCUT2D eigenvalue weighted by Gasteiger charge is -2.08. The summed E-state index contributed by atoms with van der Waals surface area (Å²) in [5.74, 6) is 0.440. The quantitative estimate of drug-likeness (QED) is 0.702. The summed E-state index contributed by atoms with van der Waals surface area (Å²) in [6, 6.07) is 17.4. The van der Waals surface area contributed by atoms with Gasteiger partial charge in [-0.25, -0.2) is 4.79 Å². The first-order valence-electron chi connectivity index (χ1n) is 7.83. The van der Waals surface area contributed by atoms with Crippen molar-refractivity contribution in [2.75, 3.05) is 13.7 Å². The highest BCUT2D eigenvalue weighted by Gasteiger charge is 2.21. The van der Waals surface area contributed by atoms with Crippen LogP contribution in [0.3, 0.4) is 0 Å². The van der Waals surface area contributed by atoms with Crippen LogP contribution >= 0.6 is 0 Å². The number of esters is 1. The van der Waals surface area contributed by atoms with Gasteiger partial charge in [0, 0.05) is 11.8 Å². The molecule has 0 atom stereocenters. The highest BCUT2D eigenvalue weighted by molar-refractivity contribution is 6.03. The maximum atomic E-state index is 12.6. The Morgan fingerprint density at radius 2 is 1.71 bits per heavy atom. The SMILES string of the molecule is CCOC(=O)c1c(-c2ccccc2)c[nH]c1-c1ccc(OC)cc1. The molecule has 0 bridgehead atoms. The predicted molar refractivity (Wildman–Crippen MR) is 94.2 cm³/mol. The minimum atomic E-state index is -0.330. The van der Waals surface area contributed by atoms with Crippen molar-refractivity contribution in [3.8, 4) is 28.1 Å². The summed E-state index contributed by atoms with van der Waals surface area (Å²) in [5.41, 5.74) is 4.00. The van der Waals surface area contributed by atoms with E-state index in [-0.39, 0.29) is 5.97 Å². The fraction of sp³-hybridized carbons (Fsp3) is 0.150. The fourth-order valence-electron chi connectivity index (χ4n) is 2.67.